The standard InChI is InChI=1S/C16H20N2O3S/c1-18(13-7-4-8-14(13)22(2,20)21)16(19)12-6-3-5-11-9-10-17-15(11)12/h3,5-6,9-10,13-14,17H,4,7-8H2,1-2H3/t13-,14+/m1/s1. The van der Waals surface area contributed by atoms with Gasteiger partial charge >= 0.3 is 0 Å². The summed E-state index contributed by atoms with van der Waals surface area (Å²) < 4.78 is 23.9. The largest absolute Gasteiger partial charge is 0.361 e. The zero-order valence-corrected chi connectivity index (χ0v) is 13.6. The summed E-state index contributed by atoms with van der Waals surface area (Å²) in [7, 11) is -1.44. The first-order valence-corrected chi connectivity index (χ1v) is 9.37. The normalized spacial score (nSPS) is 22.1. The van der Waals surface area contributed by atoms with Crippen molar-refractivity contribution < 1.29 is 13.2 Å². The maximum absolute atomic E-state index is 12.8. The van der Waals surface area contributed by atoms with Crippen LogP contribution in [0.15, 0.2) is 30.5 Å². The Morgan fingerprint density at radius 3 is 2.77 bits per heavy atom. The molecular weight excluding hydrogens is 300 g/mol. The zero-order chi connectivity index (χ0) is 15.9. The molecule has 6 heteroatoms. The van der Waals surface area contributed by atoms with E-state index >= 15 is 0 Å². The van der Waals surface area contributed by atoms with E-state index in [0.717, 1.165) is 23.7 Å². The van der Waals surface area contributed by atoms with Crippen LogP contribution < -0.4 is 0 Å². The Labute approximate surface area is 130 Å². The molecule has 1 fully saturated rings. The van der Waals surface area contributed by atoms with Crippen molar-refractivity contribution in [2.75, 3.05) is 13.3 Å². The first-order valence-electron chi connectivity index (χ1n) is 7.41. The molecule has 0 unspecified atom stereocenters. The lowest BCUT2D eigenvalue weighted by molar-refractivity contribution is 0.0739. The Bertz CT molecular complexity index is 810. The Hall–Kier alpha value is -1.82. The number of rotatable bonds is 3. The third-order valence-corrected chi connectivity index (χ3v) is 6.25. The summed E-state index contributed by atoms with van der Waals surface area (Å²) in [5.74, 6) is -0.131. The monoisotopic (exact) mass is 320 g/mol. The number of benzene rings is 1. The van der Waals surface area contributed by atoms with E-state index in [1.807, 2.05) is 18.2 Å². The van der Waals surface area contributed by atoms with Gasteiger partial charge in [0.2, 0.25) is 0 Å². The molecule has 0 radical (unpaired) electrons. The topological polar surface area (TPSA) is 70.2 Å². The smallest absolute Gasteiger partial charge is 0.256 e. The van der Waals surface area contributed by atoms with Gasteiger partial charge in [-0.3, -0.25) is 4.79 Å². The molecule has 3 rings (SSSR count). The van der Waals surface area contributed by atoms with Crippen LogP contribution >= 0.6 is 0 Å². The lowest BCUT2D eigenvalue weighted by atomic mass is 10.1. The highest BCUT2D eigenvalue weighted by atomic mass is 32.2. The number of hydrogen-bond donors (Lipinski definition) is 1. The minimum Gasteiger partial charge on any atom is -0.361 e. The number of hydrogen-bond acceptors (Lipinski definition) is 3. The predicted molar refractivity (Wildman–Crippen MR) is 86.7 cm³/mol. The second-order valence-electron chi connectivity index (χ2n) is 6.03. The van der Waals surface area contributed by atoms with Crippen LogP contribution in [0.3, 0.4) is 0 Å². The number of carbonyl (C=O) groups excluding carboxylic acids is 1. The molecule has 1 aliphatic rings. The van der Waals surface area contributed by atoms with E-state index in [-0.39, 0.29) is 11.9 Å². The maximum Gasteiger partial charge on any atom is 0.256 e. The highest BCUT2D eigenvalue weighted by Gasteiger charge is 2.39. The Balaban J connectivity index is 1.93. The van der Waals surface area contributed by atoms with Gasteiger partial charge in [0.25, 0.3) is 5.91 Å². The quantitative estimate of drug-likeness (QED) is 0.942. The van der Waals surface area contributed by atoms with Crippen LogP contribution in [0.4, 0.5) is 0 Å². The molecule has 1 heterocycles. The molecule has 0 bridgehead atoms. The van der Waals surface area contributed by atoms with Gasteiger partial charge in [0.1, 0.15) is 0 Å². The fourth-order valence-corrected chi connectivity index (χ4v) is 4.94. The minimum atomic E-state index is -3.15. The molecule has 1 N–H and O–H groups in total. The van der Waals surface area contributed by atoms with E-state index in [2.05, 4.69) is 4.98 Å². The van der Waals surface area contributed by atoms with E-state index in [9.17, 15) is 13.2 Å². The van der Waals surface area contributed by atoms with Crippen LogP contribution in [0, 0.1) is 0 Å². The molecule has 1 saturated carbocycles. The number of sulfone groups is 1. The van der Waals surface area contributed by atoms with Gasteiger partial charge < -0.3 is 9.88 Å². The Morgan fingerprint density at radius 2 is 2.05 bits per heavy atom. The molecule has 1 aliphatic carbocycles. The average Bonchev–Trinajstić information content (AvgIpc) is 3.12. The predicted octanol–water partition coefficient (Wildman–Crippen LogP) is 2.21. The number of aromatic nitrogens is 1. The number of amides is 1. The Kier molecular flexibility index (Phi) is 3.72. The zero-order valence-electron chi connectivity index (χ0n) is 12.7. The maximum atomic E-state index is 12.8. The number of fused-ring (bicyclic) bond motifs is 1. The van der Waals surface area contributed by atoms with Crippen LogP contribution in [0.25, 0.3) is 10.9 Å². The lowest BCUT2D eigenvalue weighted by Gasteiger charge is -2.29. The van der Waals surface area contributed by atoms with Crippen LogP contribution in [0.2, 0.25) is 0 Å². The number of H-pyrrole nitrogens is 1. The summed E-state index contributed by atoms with van der Waals surface area (Å²) in [6.07, 6.45) is 5.28. The van der Waals surface area contributed by atoms with Crippen molar-refractivity contribution in [2.24, 2.45) is 0 Å². The molecule has 2 aromatic rings. The van der Waals surface area contributed by atoms with Crippen LogP contribution in [0.1, 0.15) is 29.6 Å². The van der Waals surface area contributed by atoms with Crippen molar-refractivity contribution >= 4 is 26.6 Å². The van der Waals surface area contributed by atoms with Gasteiger partial charge in [0.15, 0.2) is 9.84 Å². The summed E-state index contributed by atoms with van der Waals surface area (Å²) in [4.78, 5) is 17.5. The molecule has 5 nitrogen and oxygen atoms in total. The van der Waals surface area contributed by atoms with E-state index in [1.54, 1.807) is 24.2 Å². The second kappa shape index (κ2) is 5.43. The van der Waals surface area contributed by atoms with Gasteiger partial charge in [-0.05, 0) is 31.4 Å². The Morgan fingerprint density at radius 1 is 1.27 bits per heavy atom. The average molecular weight is 320 g/mol. The first kappa shape index (κ1) is 15.1. The number of nitrogens with zero attached hydrogens (tertiary/aromatic N) is 1. The fourth-order valence-electron chi connectivity index (χ4n) is 3.45. The fraction of sp³-hybridized carbons (Fsp3) is 0.438. The van der Waals surface area contributed by atoms with Gasteiger partial charge in [-0.2, -0.15) is 0 Å². The van der Waals surface area contributed by atoms with Gasteiger partial charge in [0, 0.05) is 30.9 Å². The summed E-state index contributed by atoms with van der Waals surface area (Å²) >= 11 is 0. The molecule has 1 aromatic heterocycles. The van der Waals surface area contributed by atoms with Crippen molar-refractivity contribution in [3.05, 3.63) is 36.0 Å². The second-order valence-corrected chi connectivity index (χ2v) is 8.29. The molecular formula is C16H20N2O3S. The molecule has 0 aliphatic heterocycles. The van der Waals surface area contributed by atoms with Crippen molar-refractivity contribution in [3.63, 3.8) is 0 Å². The lowest BCUT2D eigenvalue weighted by Crippen LogP contribution is -2.44. The number of carbonyl (C=O) groups is 1. The number of para-hydroxylation sites is 1. The molecule has 22 heavy (non-hydrogen) atoms. The van der Waals surface area contributed by atoms with Crippen molar-refractivity contribution in [1.29, 1.82) is 0 Å². The molecule has 0 spiro atoms. The first-order chi connectivity index (χ1) is 10.4. The summed E-state index contributed by atoms with van der Waals surface area (Å²) in [6, 6.07) is 7.24. The highest BCUT2D eigenvalue weighted by Crippen LogP contribution is 2.30. The third-order valence-electron chi connectivity index (χ3n) is 4.60. The van der Waals surface area contributed by atoms with Gasteiger partial charge in [-0.25, -0.2) is 8.42 Å². The van der Waals surface area contributed by atoms with E-state index in [0.29, 0.717) is 12.0 Å². The van der Waals surface area contributed by atoms with Crippen molar-refractivity contribution in [2.45, 2.75) is 30.6 Å². The summed E-state index contributed by atoms with van der Waals surface area (Å²) in [5, 5.41) is 0.523. The van der Waals surface area contributed by atoms with Gasteiger partial charge in [-0.1, -0.05) is 12.1 Å². The summed E-state index contributed by atoms with van der Waals surface area (Å²) in [6.45, 7) is 0. The number of nitrogens with one attached hydrogen (secondary N) is 1. The summed E-state index contributed by atoms with van der Waals surface area (Å²) in [5.41, 5.74) is 1.39. The minimum absolute atomic E-state index is 0.131. The third kappa shape index (κ3) is 2.52. The molecule has 0 saturated heterocycles. The van der Waals surface area contributed by atoms with Gasteiger partial charge in [-0.15, -0.1) is 0 Å². The molecule has 1 aromatic carbocycles. The van der Waals surface area contributed by atoms with Crippen LogP contribution in [-0.4, -0.2) is 48.8 Å². The van der Waals surface area contributed by atoms with Crippen LogP contribution in [-0.2, 0) is 9.84 Å². The molecule has 1 amide bonds. The van der Waals surface area contributed by atoms with Gasteiger partial charge in [0.05, 0.1) is 16.3 Å². The molecule has 2 atom stereocenters. The van der Waals surface area contributed by atoms with Crippen molar-refractivity contribution in [1.82, 2.24) is 9.88 Å². The SMILES string of the molecule is CN(C(=O)c1cccc2cc[nH]c12)[C@@H]1CCC[C@@H]1S(C)(=O)=O. The van der Waals surface area contributed by atoms with Crippen molar-refractivity contribution in [3.8, 4) is 0 Å². The van der Waals surface area contributed by atoms with E-state index < -0.39 is 15.1 Å². The van der Waals surface area contributed by atoms with Crippen LogP contribution in [0.5, 0.6) is 0 Å². The number of aromatic amines is 1. The highest BCUT2D eigenvalue weighted by molar-refractivity contribution is 7.91. The van der Waals surface area contributed by atoms with E-state index in [4.69, 9.17) is 0 Å². The molecule has 118 valence electrons. The van der Waals surface area contributed by atoms with E-state index in [1.165, 1.54) is 6.26 Å².